The molecule has 104 valence electrons. The summed E-state index contributed by atoms with van der Waals surface area (Å²) in [7, 11) is 1.62. The standard InChI is InChI=1S/C15H20BrNO2/c1-19-12-7-8-13(16)14(10-12)17-15(18)9-11-5-3-2-4-6-11/h7-8,10-11H,2-6,9H2,1H3,(H,17,18). The van der Waals surface area contributed by atoms with E-state index in [9.17, 15) is 4.79 Å². The van der Waals surface area contributed by atoms with Gasteiger partial charge in [0.1, 0.15) is 5.75 Å². The Morgan fingerprint density at radius 2 is 2.11 bits per heavy atom. The molecule has 1 saturated carbocycles. The van der Waals surface area contributed by atoms with E-state index in [2.05, 4.69) is 21.2 Å². The molecule has 1 aromatic carbocycles. The minimum Gasteiger partial charge on any atom is -0.497 e. The Labute approximate surface area is 122 Å². The van der Waals surface area contributed by atoms with Gasteiger partial charge in [-0.05, 0) is 46.8 Å². The van der Waals surface area contributed by atoms with Crippen molar-refractivity contribution in [2.75, 3.05) is 12.4 Å². The summed E-state index contributed by atoms with van der Waals surface area (Å²) in [6.07, 6.45) is 6.85. The number of hydrogen-bond acceptors (Lipinski definition) is 2. The fraction of sp³-hybridized carbons (Fsp3) is 0.533. The highest BCUT2D eigenvalue weighted by molar-refractivity contribution is 9.10. The van der Waals surface area contributed by atoms with Gasteiger partial charge < -0.3 is 10.1 Å². The van der Waals surface area contributed by atoms with Gasteiger partial charge in [0.25, 0.3) is 0 Å². The van der Waals surface area contributed by atoms with Gasteiger partial charge in [0.2, 0.25) is 5.91 Å². The molecule has 0 atom stereocenters. The van der Waals surface area contributed by atoms with E-state index in [1.165, 1.54) is 32.1 Å². The van der Waals surface area contributed by atoms with Crippen LogP contribution in [-0.2, 0) is 4.79 Å². The van der Waals surface area contributed by atoms with Crippen molar-refractivity contribution < 1.29 is 9.53 Å². The van der Waals surface area contributed by atoms with Crippen molar-refractivity contribution in [3.05, 3.63) is 22.7 Å². The third-order valence-corrected chi connectivity index (χ3v) is 4.34. The maximum atomic E-state index is 12.1. The molecule has 0 aromatic heterocycles. The van der Waals surface area contributed by atoms with Crippen molar-refractivity contribution in [1.29, 1.82) is 0 Å². The van der Waals surface area contributed by atoms with Crippen LogP contribution in [0.5, 0.6) is 5.75 Å². The van der Waals surface area contributed by atoms with Crippen molar-refractivity contribution >= 4 is 27.5 Å². The molecule has 0 radical (unpaired) electrons. The number of nitrogens with one attached hydrogen (secondary N) is 1. The molecule has 0 saturated heterocycles. The summed E-state index contributed by atoms with van der Waals surface area (Å²) in [5.41, 5.74) is 0.778. The van der Waals surface area contributed by atoms with Crippen molar-refractivity contribution in [2.45, 2.75) is 38.5 Å². The van der Waals surface area contributed by atoms with E-state index in [0.29, 0.717) is 12.3 Å². The molecule has 4 heteroatoms. The number of hydrogen-bond donors (Lipinski definition) is 1. The van der Waals surface area contributed by atoms with Gasteiger partial charge in [0.15, 0.2) is 0 Å². The smallest absolute Gasteiger partial charge is 0.224 e. The lowest BCUT2D eigenvalue weighted by Crippen LogP contribution is -2.18. The van der Waals surface area contributed by atoms with Crippen molar-refractivity contribution in [3.63, 3.8) is 0 Å². The molecule has 2 rings (SSSR count). The maximum Gasteiger partial charge on any atom is 0.224 e. The first-order chi connectivity index (χ1) is 9.19. The largest absolute Gasteiger partial charge is 0.497 e. The van der Waals surface area contributed by atoms with Crippen molar-refractivity contribution in [1.82, 2.24) is 0 Å². The molecule has 0 unspecified atom stereocenters. The van der Waals surface area contributed by atoms with Crippen LogP contribution >= 0.6 is 15.9 Å². The lowest BCUT2D eigenvalue weighted by molar-refractivity contribution is -0.117. The van der Waals surface area contributed by atoms with E-state index in [-0.39, 0.29) is 5.91 Å². The summed E-state index contributed by atoms with van der Waals surface area (Å²) in [5.74, 6) is 1.40. The molecular formula is C15H20BrNO2. The van der Waals surface area contributed by atoms with Gasteiger partial charge in [-0.2, -0.15) is 0 Å². The molecule has 0 heterocycles. The molecule has 0 aliphatic heterocycles. The van der Waals surface area contributed by atoms with E-state index in [0.717, 1.165) is 15.9 Å². The quantitative estimate of drug-likeness (QED) is 0.892. The Bertz CT molecular complexity index is 442. The Balaban J connectivity index is 1.94. The number of benzene rings is 1. The summed E-state index contributed by atoms with van der Waals surface area (Å²) >= 11 is 3.44. The Morgan fingerprint density at radius 3 is 2.79 bits per heavy atom. The lowest BCUT2D eigenvalue weighted by atomic mass is 9.87. The minimum atomic E-state index is 0.0980. The molecule has 0 spiro atoms. The number of carbonyl (C=O) groups is 1. The van der Waals surface area contributed by atoms with Crippen LogP contribution in [0.4, 0.5) is 5.69 Å². The van der Waals surface area contributed by atoms with E-state index >= 15 is 0 Å². The summed E-state index contributed by atoms with van der Waals surface area (Å²) in [4.78, 5) is 12.1. The third-order valence-electron chi connectivity index (χ3n) is 3.65. The van der Waals surface area contributed by atoms with Crippen LogP contribution in [0.1, 0.15) is 38.5 Å². The number of methoxy groups -OCH3 is 1. The predicted octanol–water partition coefficient (Wildman–Crippen LogP) is 4.37. The molecule has 0 bridgehead atoms. The molecule has 1 fully saturated rings. The molecule has 19 heavy (non-hydrogen) atoms. The zero-order chi connectivity index (χ0) is 13.7. The number of anilines is 1. The summed E-state index contributed by atoms with van der Waals surface area (Å²) < 4.78 is 6.05. The number of rotatable bonds is 4. The SMILES string of the molecule is COc1ccc(Br)c(NC(=O)CC2CCCCC2)c1. The van der Waals surface area contributed by atoms with E-state index in [1.54, 1.807) is 7.11 Å². The average Bonchev–Trinajstić information content (AvgIpc) is 2.42. The van der Waals surface area contributed by atoms with Gasteiger partial charge >= 0.3 is 0 Å². The van der Waals surface area contributed by atoms with E-state index < -0.39 is 0 Å². The van der Waals surface area contributed by atoms with Crippen LogP contribution in [-0.4, -0.2) is 13.0 Å². The number of amides is 1. The second-order valence-corrected chi connectivity index (χ2v) is 5.96. The minimum absolute atomic E-state index is 0.0980. The van der Waals surface area contributed by atoms with E-state index in [4.69, 9.17) is 4.74 Å². The van der Waals surface area contributed by atoms with Gasteiger partial charge in [-0.1, -0.05) is 19.3 Å². The molecular weight excluding hydrogens is 306 g/mol. The normalized spacial score (nSPS) is 16.1. The Kier molecular flexibility index (Phi) is 5.25. The molecule has 1 aromatic rings. The highest BCUT2D eigenvalue weighted by Crippen LogP contribution is 2.29. The number of carbonyl (C=O) groups excluding carboxylic acids is 1. The van der Waals surface area contributed by atoms with Crippen LogP contribution in [0.15, 0.2) is 22.7 Å². The second-order valence-electron chi connectivity index (χ2n) is 5.10. The highest BCUT2D eigenvalue weighted by atomic mass is 79.9. The Morgan fingerprint density at radius 1 is 1.37 bits per heavy atom. The van der Waals surface area contributed by atoms with Gasteiger partial charge in [0.05, 0.1) is 12.8 Å². The van der Waals surface area contributed by atoms with Crippen LogP contribution in [0, 0.1) is 5.92 Å². The topological polar surface area (TPSA) is 38.3 Å². The lowest BCUT2D eigenvalue weighted by Gasteiger charge is -2.21. The summed E-state index contributed by atoms with van der Waals surface area (Å²) in [6.45, 7) is 0. The van der Waals surface area contributed by atoms with Crippen LogP contribution in [0.25, 0.3) is 0 Å². The molecule has 3 nitrogen and oxygen atoms in total. The molecule has 1 amide bonds. The number of halogens is 1. The Hall–Kier alpha value is -1.03. The second kappa shape index (κ2) is 6.94. The zero-order valence-electron chi connectivity index (χ0n) is 11.2. The third kappa shape index (κ3) is 4.23. The van der Waals surface area contributed by atoms with Crippen molar-refractivity contribution in [3.8, 4) is 5.75 Å². The van der Waals surface area contributed by atoms with E-state index in [1.807, 2.05) is 18.2 Å². The first kappa shape index (κ1) is 14.4. The van der Waals surface area contributed by atoms with Crippen molar-refractivity contribution in [2.24, 2.45) is 5.92 Å². The predicted molar refractivity (Wildman–Crippen MR) is 80.5 cm³/mol. The zero-order valence-corrected chi connectivity index (χ0v) is 12.8. The summed E-state index contributed by atoms with van der Waals surface area (Å²) in [5, 5.41) is 2.97. The average molecular weight is 326 g/mol. The fourth-order valence-corrected chi connectivity index (χ4v) is 2.93. The van der Waals surface area contributed by atoms with Gasteiger partial charge in [-0.25, -0.2) is 0 Å². The highest BCUT2D eigenvalue weighted by Gasteiger charge is 2.17. The fourth-order valence-electron chi connectivity index (χ4n) is 2.58. The van der Waals surface area contributed by atoms with Crippen LogP contribution < -0.4 is 10.1 Å². The van der Waals surface area contributed by atoms with Crippen LogP contribution in [0.3, 0.4) is 0 Å². The first-order valence-corrected chi connectivity index (χ1v) is 7.61. The van der Waals surface area contributed by atoms with Gasteiger partial charge in [-0.3, -0.25) is 4.79 Å². The van der Waals surface area contributed by atoms with Crippen LogP contribution in [0.2, 0.25) is 0 Å². The first-order valence-electron chi connectivity index (χ1n) is 6.82. The molecule has 1 aliphatic carbocycles. The monoisotopic (exact) mass is 325 g/mol. The number of ether oxygens (including phenoxy) is 1. The van der Waals surface area contributed by atoms with Gasteiger partial charge in [-0.15, -0.1) is 0 Å². The maximum absolute atomic E-state index is 12.1. The van der Waals surface area contributed by atoms with Gasteiger partial charge in [0, 0.05) is 17.0 Å². The molecule has 1 aliphatic rings. The summed E-state index contributed by atoms with van der Waals surface area (Å²) in [6, 6.07) is 5.58. The molecule has 1 N–H and O–H groups in total.